The summed E-state index contributed by atoms with van der Waals surface area (Å²) in [5.74, 6) is -1.61. The number of alkyl halides is 3. The number of aromatic nitrogens is 1. The third-order valence-electron chi connectivity index (χ3n) is 5.50. The van der Waals surface area contributed by atoms with Gasteiger partial charge < -0.3 is 15.8 Å². The zero-order valence-electron chi connectivity index (χ0n) is 19.5. The SMILES string of the molecule is Nc1ccc(CNC(=O)c2cc(C(=O)Cc3ccc(-c4ccccc4)cc3)ccc2OC(F)(F)F)cn1. The first-order valence-corrected chi connectivity index (χ1v) is 11.2. The van der Waals surface area contributed by atoms with Gasteiger partial charge in [0.25, 0.3) is 5.91 Å². The number of nitrogens with zero attached hydrogens (tertiary/aromatic N) is 1. The predicted molar refractivity (Wildman–Crippen MR) is 133 cm³/mol. The molecule has 0 unspecified atom stereocenters. The Morgan fingerprint density at radius 1 is 0.865 bits per heavy atom. The number of benzene rings is 3. The molecule has 1 aromatic heterocycles. The van der Waals surface area contributed by atoms with Crippen molar-refractivity contribution in [3.63, 3.8) is 0 Å². The lowest BCUT2D eigenvalue weighted by Crippen LogP contribution is -2.26. The fraction of sp³-hybridized carbons (Fsp3) is 0.107. The lowest BCUT2D eigenvalue weighted by atomic mass is 9.98. The molecule has 4 rings (SSSR count). The first kappa shape index (κ1) is 25.4. The molecule has 4 aromatic rings. The van der Waals surface area contributed by atoms with Crippen LogP contribution in [0.4, 0.5) is 19.0 Å². The Morgan fingerprint density at radius 2 is 1.54 bits per heavy atom. The van der Waals surface area contributed by atoms with E-state index in [1.165, 1.54) is 18.3 Å². The molecule has 0 bridgehead atoms. The minimum absolute atomic E-state index is 0.00666. The molecular weight excluding hydrogens is 483 g/mol. The number of rotatable bonds is 8. The molecule has 188 valence electrons. The van der Waals surface area contributed by atoms with Crippen LogP contribution in [0.1, 0.15) is 31.8 Å². The van der Waals surface area contributed by atoms with Crippen molar-refractivity contribution >= 4 is 17.5 Å². The Bertz CT molecular complexity index is 1390. The third-order valence-corrected chi connectivity index (χ3v) is 5.50. The zero-order chi connectivity index (χ0) is 26.4. The summed E-state index contributed by atoms with van der Waals surface area (Å²) in [6.07, 6.45) is -3.57. The van der Waals surface area contributed by atoms with E-state index in [0.717, 1.165) is 28.8 Å². The Labute approximate surface area is 210 Å². The number of ketones is 1. The molecule has 0 spiro atoms. The van der Waals surface area contributed by atoms with E-state index in [0.29, 0.717) is 5.56 Å². The van der Waals surface area contributed by atoms with Gasteiger partial charge in [0.15, 0.2) is 5.78 Å². The highest BCUT2D eigenvalue weighted by Gasteiger charge is 2.33. The number of Topliss-reactive ketones (excluding diaryl/α,β-unsaturated/α-hetero) is 1. The molecule has 0 fully saturated rings. The maximum atomic E-state index is 12.9. The van der Waals surface area contributed by atoms with Crippen LogP contribution >= 0.6 is 0 Å². The summed E-state index contributed by atoms with van der Waals surface area (Å²) in [5, 5.41) is 2.52. The molecule has 0 atom stereocenters. The van der Waals surface area contributed by atoms with Gasteiger partial charge in [-0.1, -0.05) is 60.7 Å². The topological polar surface area (TPSA) is 94.3 Å². The van der Waals surface area contributed by atoms with Gasteiger partial charge in [-0.15, -0.1) is 13.2 Å². The van der Waals surface area contributed by atoms with Crippen LogP contribution in [0.2, 0.25) is 0 Å². The molecule has 0 aliphatic rings. The maximum absolute atomic E-state index is 12.9. The molecule has 0 aliphatic carbocycles. The standard InChI is InChI=1S/C28H22F3N3O3/c29-28(30,31)37-25-12-11-22(15-23(25)27(36)34-17-19-8-13-26(32)33-16-19)24(35)14-18-6-9-21(10-7-18)20-4-2-1-3-5-20/h1-13,15-16H,14,17H2,(H2,32,33)(H,34,36). The van der Waals surface area contributed by atoms with Crippen LogP contribution in [0.5, 0.6) is 5.75 Å². The van der Waals surface area contributed by atoms with E-state index in [2.05, 4.69) is 15.0 Å². The average Bonchev–Trinajstić information content (AvgIpc) is 2.88. The number of anilines is 1. The third kappa shape index (κ3) is 6.94. The lowest BCUT2D eigenvalue weighted by molar-refractivity contribution is -0.274. The van der Waals surface area contributed by atoms with Crippen molar-refractivity contribution in [2.24, 2.45) is 0 Å². The average molecular weight is 505 g/mol. The van der Waals surface area contributed by atoms with Crippen LogP contribution in [0.15, 0.2) is 91.1 Å². The van der Waals surface area contributed by atoms with Crippen LogP contribution in [0, 0.1) is 0 Å². The summed E-state index contributed by atoms with van der Waals surface area (Å²) < 4.78 is 42.8. The maximum Gasteiger partial charge on any atom is 0.573 e. The van der Waals surface area contributed by atoms with Crippen molar-refractivity contribution in [2.45, 2.75) is 19.3 Å². The van der Waals surface area contributed by atoms with Gasteiger partial charge in [0.05, 0.1) is 5.56 Å². The van der Waals surface area contributed by atoms with Gasteiger partial charge in [-0.25, -0.2) is 4.98 Å². The highest BCUT2D eigenvalue weighted by molar-refractivity contribution is 6.03. The molecule has 0 saturated carbocycles. The van der Waals surface area contributed by atoms with Crippen LogP contribution in [-0.4, -0.2) is 23.0 Å². The van der Waals surface area contributed by atoms with E-state index >= 15 is 0 Å². The number of carbonyl (C=O) groups is 2. The Balaban J connectivity index is 1.52. The normalized spacial score (nSPS) is 11.1. The van der Waals surface area contributed by atoms with Crippen LogP contribution in [-0.2, 0) is 13.0 Å². The van der Waals surface area contributed by atoms with Crippen molar-refractivity contribution in [1.82, 2.24) is 10.3 Å². The summed E-state index contributed by atoms with van der Waals surface area (Å²) in [5.41, 5.74) is 8.54. The molecule has 1 heterocycles. The van der Waals surface area contributed by atoms with Crippen molar-refractivity contribution in [3.8, 4) is 16.9 Å². The van der Waals surface area contributed by atoms with E-state index in [-0.39, 0.29) is 30.1 Å². The summed E-state index contributed by atoms with van der Waals surface area (Å²) in [6, 6.07) is 23.6. The van der Waals surface area contributed by atoms with Gasteiger partial charge in [-0.2, -0.15) is 0 Å². The molecule has 0 aliphatic heterocycles. The second kappa shape index (κ2) is 10.9. The molecule has 3 aromatic carbocycles. The van der Waals surface area contributed by atoms with Gasteiger partial charge in [-0.3, -0.25) is 9.59 Å². The van der Waals surface area contributed by atoms with Crippen molar-refractivity contribution in [3.05, 3.63) is 113 Å². The number of nitrogens with two attached hydrogens (primary N) is 1. The second-order valence-corrected chi connectivity index (χ2v) is 8.20. The molecule has 9 heteroatoms. The number of hydrogen-bond donors (Lipinski definition) is 2. The summed E-state index contributed by atoms with van der Waals surface area (Å²) in [6.45, 7) is -0.0104. The number of nitrogens with one attached hydrogen (secondary N) is 1. The van der Waals surface area contributed by atoms with Crippen LogP contribution in [0.3, 0.4) is 0 Å². The molecule has 6 nitrogen and oxygen atoms in total. The Hall–Kier alpha value is -4.66. The predicted octanol–water partition coefficient (Wildman–Crippen LogP) is 5.58. The van der Waals surface area contributed by atoms with E-state index in [1.54, 1.807) is 6.07 Å². The minimum atomic E-state index is -5.01. The van der Waals surface area contributed by atoms with E-state index < -0.39 is 23.6 Å². The Morgan fingerprint density at radius 3 is 2.19 bits per heavy atom. The van der Waals surface area contributed by atoms with Gasteiger partial charge in [0.2, 0.25) is 0 Å². The number of carbonyl (C=O) groups excluding carboxylic acids is 2. The number of nitrogen functional groups attached to an aromatic ring is 1. The summed E-state index contributed by atoms with van der Waals surface area (Å²) in [4.78, 5) is 29.6. The number of hydrogen-bond acceptors (Lipinski definition) is 5. The van der Waals surface area contributed by atoms with Gasteiger partial charge >= 0.3 is 6.36 Å². The first-order valence-electron chi connectivity index (χ1n) is 11.2. The quantitative estimate of drug-likeness (QED) is 0.305. The van der Waals surface area contributed by atoms with Crippen molar-refractivity contribution < 1.29 is 27.5 Å². The van der Waals surface area contributed by atoms with Crippen LogP contribution < -0.4 is 15.8 Å². The summed E-state index contributed by atoms with van der Waals surface area (Å²) >= 11 is 0. The van der Waals surface area contributed by atoms with E-state index in [9.17, 15) is 22.8 Å². The Kier molecular flexibility index (Phi) is 7.52. The largest absolute Gasteiger partial charge is 0.573 e. The first-order chi connectivity index (χ1) is 17.7. The molecule has 37 heavy (non-hydrogen) atoms. The van der Waals surface area contributed by atoms with Crippen LogP contribution in [0.25, 0.3) is 11.1 Å². The second-order valence-electron chi connectivity index (χ2n) is 8.20. The zero-order valence-corrected chi connectivity index (χ0v) is 19.5. The number of amides is 1. The number of ether oxygens (including phenoxy) is 1. The molecule has 3 N–H and O–H groups in total. The number of halogens is 3. The van der Waals surface area contributed by atoms with E-state index in [4.69, 9.17) is 5.73 Å². The van der Waals surface area contributed by atoms with E-state index in [1.807, 2.05) is 54.6 Å². The molecule has 0 radical (unpaired) electrons. The molecular formula is C28H22F3N3O3. The smallest absolute Gasteiger partial charge is 0.405 e. The fourth-order valence-corrected chi connectivity index (χ4v) is 3.65. The minimum Gasteiger partial charge on any atom is -0.405 e. The number of pyridine rings is 1. The van der Waals surface area contributed by atoms with Gasteiger partial charge in [-0.05, 0) is 46.5 Å². The van der Waals surface area contributed by atoms with Crippen molar-refractivity contribution in [2.75, 3.05) is 5.73 Å². The summed E-state index contributed by atoms with van der Waals surface area (Å²) in [7, 11) is 0. The van der Waals surface area contributed by atoms with Gasteiger partial charge in [0, 0.05) is 24.7 Å². The molecule has 0 saturated heterocycles. The van der Waals surface area contributed by atoms with Crippen molar-refractivity contribution in [1.29, 1.82) is 0 Å². The highest BCUT2D eigenvalue weighted by atomic mass is 19.4. The fourth-order valence-electron chi connectivity index (χ4n) is 3.65. The monoisotopic (exact) mass is 505 g/mol. The molecule has 1 amide bonds. The highest BCUT2D eigenvalue weighted by Crippen LogP contribution is 2.28. The van der Waals surface area contributed by atoms with Gasteiger partial charge in [0.1, 0.15) is 11.6 Å². The lowest BCUT2D eigenvalue weighted by Gasteiger charge is -2.14.